The molecule has 0 saturated heterocycles. The predicted molar refractivity (Wildman–Crippen MR) is 34.9 cm³/mol. The maximum absolute atomic E-state index is 5.29. The molecule has 0 atom stereocenters. The fourth-order valence-electron chi connectivity index (χ4n) is 0.545. The number of ether oxygens (including phenoxy) is 2. The number of rotatable bonds is 4. The lowest BCUT2D eigenvalue weighted by Gasteiger charge is -2.08. The Labute approximate surface area is 55.5 Å². The van der Waals surface area contributed by atoms with Crippen molar-refractivity contribution in [3.05, 3.63) is 12.8 Å². The molecule has 2 nitrogen and oxygen atoms in total. The van der Waals surface area contributed by atoms with E-state index in [2.05, 4.69) is 13.5 Å². The van der Waals surface area contributed by atoms with Crippen LogP contribution in [0.3, 0.4) is 0 Å². The summed E-state index contributed by atoms with van der Waals surface area (Å²) in [5.41, 5.74) is 0.128. The van der Waals surface area contributed by atoms with Gasteiger partial charge in [0.2, 0.25) is 0 Å². The van der Waals surface area contributed by atoms with E-state index in [1.807, 2.05) is 0 Å². The first kappa shape index (κ1) is 6.62. The Morgan fingerprint density at radius 3 is 2.78 bits per heavy atom. The zero-order valence-electron chi connectivity index (χ0n) is 5.72. The molecule has 0 spiro atoms. The highest BCUT2D eigenvalue weighted by molar-refractivity contribution is 4.90. The third-order valence-corrected chi connectivity index (χ3v) is 1.55. The quantitative estimate of drug-likeness (QED) is 0.326. The van der Waals surface area contributed by atoms with Crippen LogP contribution in [-0.2, 0) is 9.47 Å². The van der Waals surface area contributed by atoms with Gasteiger partial charge in [0.15, 0.2) is 6.79 Å². The minimum absolute atomic E-state index is 0.128. The lowest BCUT2D eigenvalue weighted by molar-refractivity contribution is -0.0623. The van der Waals surface area contributed by atoms with Gasteiger partial charge < -0.3 is 9.47 Å². The molecule has 0 unspecified atom stereocenters. The van der Waals surface area contributed by atoms with Crippen molar-refractivity contribution in [2.24, 2.45) is 0 Å². The van der Waals surface area contributed by atoms with Gasteiger partial charge in [0, 0.05) is 0 Å². The summed E-state index contributed by atoms with van der Waals surface area (Å²) >= 11 is 0. The Morgan fingerprint density at radius 2 is 2.33 bits per heavy atom. The van der Waals surface area contributed by atoms with Gasteiger partial charge in [-0.3, -0.25) is 0 Å². The van der Waals surface area contributed by atoms with Crippen LogP contribution in [0.5, 0.6) is 0 Å². The van der Waals surface area contributed by atoms with Gasteiger partial charge in [-0.25, -0.2) is 0 Å². The molecule has 0 bridgehead atoms. The van der Waals surface area contributed by atoms with Gasteiger partial charge >= 0.3 is 0 Å². The van der Waals surface area contributed by atoms with Crippen molar-refractivity contribution in [1.29, 1.82) is 0 Å². The van der Waals surface area contributed by atoms with Crippen molar-refractivity contribution in [1.82, 2.24) is 0 Å². The van der Waals surface area contributed by atoms with Gasteiger partial charge in [0.1, 0.15) is 0 Å². The van der Waals surface area contributed by atoms with Crippen LogP contribution >= 0.6 is 0 Å². The molecule has 1 fully saturated rings. The minimum atomic E-state index is 0.128. The van der Waals surface area contributed by atoms with Crippen molar-refractivity contribution in [3.8, 4) is 0 Å². The number of hydrogen-bond donors (Lipinski definition) is 0. The summed E-state index contributed by atoms with van der Waals surface area (Å²) in [4.78, 5) is 0. The van der Waals surface area contributed by atoms with E-state index in [1.54, 1.807) is 0 Å². The molecule has 0 radical (unpaired) electrons. The summed E-state index contributed by atoms with van der Waals surface area (Å²) in [6, 6.07) is 0. The van der Waals surface area contributed by atoms with Crippen molar-refractivity contribution in [3.63, 3.8) is 0 Å². The predicted octanol–water partition coefficient (Wildman–Crippen LogP) is 1.67. The molecule has 1 aliphatic rings. The maximum atomic E-state index is 5.29. The van der Waals surface area contributed by atoms with E-state index in [0.717, 1.165) is 12.8 Å². The van der Waals surface area contributed by atoms with Gasteiger partial charge in [-0.15, -0.1) is 0 Å². The first-order valence-corrected chi connectivity index (χ1v) is 3.13. The molecule has 0 aromatic rings. The fraction of sp³-hybridized carbons (Fsp3) is 0.714. The molecule has 9 heavy (non-hydrogen) atoms. The van der Waals surface area contributed by atoms with Crippen molar-refractivity contribution < 1.29 is 9.47 Å². The molecule has 0 aromatic carbocycles. The molecule has 0 N–H and O–H groups in total. The van der Waals surface area contributed by atoms with Crippen molar-refractivity contribution in [2.75, 3.05) is 6.79 Å². The number of hydrogen-bond acceptors (Lipinski definition) is 2. The summed E-state index contributed by atoms with van der Waals surface area (Å²) in [6.07, 6.45) is 3.72. The monoisotopic (exact) mass is 128 g/mol. The fourth-order valence-corrected chi connectivity index (χ4v) is 0.545. The van der Waals surface area contributed by atoms with E-state index in [0.29, 0.717) is 6.79 Å². The molecule has 1 saturated carbocycles. The Bertz CT molecular complexity index is 105. The molecule has 0 aromatic heterocycles. The van der Waals surface area contributed by atoms with E-state index < -0.39 is 0 Å². The lowest BCUT2D eigenvalue weighted by atomic mass is 10.4. The maximum Gasteiger partial charge on any atom is 0.188 e. The van der Waals surface area contributed by atoms with Gasteiger partial charge in [0.25, 0.3) is 0 Å². The van der Waals surface area contributed by atoms with Gasteiger partial charge in [-0.05, 0) is 19.8 Å². The second-order valence-electron chi connectivity index (χ2n) is 2.55. The molecule has 0 amide bonds. The minimum Gasteiger partial charge on any atom is -0.476 e. The van der Waals surface area contributed by atoms with E-state index in [4.69, 9.17) is 9.47 Å². The van der Waals surface area contributed by atoms with Crippen molar-refractivity contribution in [2.45, 2.75) is 25.4 Å². The molecular weight excluding hydrogens is 116 g/mol. The van der Waals surface area contributed by atoms with Crippen LogP contribution in [0.25, 0.3) is 0 Å². The third-order valence-electron chi connectivity index (χ3n) is 1.55. The highest BCUT2D eigenvalue weighted by Crippen LogP contribution is 2.38. The highest BCUT2D eigenvalue weighted by Gasteiger charge is 2.38. The Hall–Kier alpha value is -0.500. The van der Waals surface area contributed by atoms with Crippen LogP contribution in [0.1, 0.15) is 19.8 Å². The zero-order chi connectivity index (χ0) is 6.74. The van der Waals surface area contributed by atoms with Gasteiger partial charge in [-0.2, -0.15) is 0 Å². The first-order valence-electron chi connectivity index (χ1n) is 3.13. The van der Waals surface area contributed by atoms with Gasteiger partial charge in [0.05, 0.1) is 11.9 Å². The van der Waals surface area contributed by atoms with Crippen LogP contribution < -0.4 is 0 Å². The largest absolute Gasteiger partial charge is 0.476 e. The van der Waals surface area contributed by atoms with Gasteiger partial charge in [-0.1, -0.05) is 6.58 Å². The lowest BCUT2D eigenvalue weighted by Crippen LogP contribution is -2.09. The third kappa shape index (κ3) is 2.06. The van der Waals surface area contributed by atoms with E-state index in [9.17, 15) is 0 Å². The molecule has 0 heterocycles. The topological polar surface area (TPSA) is 18.5 Å². The van der Waals surface area contributed by atoms with Crippen LogP contribution in [0.15, 0.2) is 12.8 Å². The summed E-state index contributed by atoms with van der Waals surface area (Å²) in [5.74, 6) is 0. The molecule has 1 rings (SSSR count). The normalized spacial score (nSPS) is 21.0. The van der Waals surface area contributed by atoms with Crippen LogP contribution in [-0.4, -0.2) is 12.4 Å². The molecule has 52 valence electrons. The van der Waals surface area contributed by atoms with E-state index in [1.165, 1.54) is 6.26 Å². The summed E-state index contributed by atoms with van der Waals surface area (Å²) < 4.78 is 10.1. The molecule has 2 heteroatoms. The van der Waals surface area contributed by atoms with E-state index in [-0.39, 0.29) is 5.60 Å². The van der Waals surface area contributed by atoms with Crippen LogP contribution in [0.2, 0.25) is 0 Å². The highest BCUT2D eigenvalue weighted by atomic mass is 16.7. The van der Waals surface area contributed by atoms with E-state index >= 15 is 0 Å². The molecule has 0 aliphatic heterocycles. The average molecular weight is 128 g/mol. The summed E-state index contributed by atoms with van der Waals surface area (Å²) in [5, 5.41) is 0. The Balaban J connectivity index is 1.98. The smallest absolute Gasteiger partial charge is 0.188 e. The standard InChI is InChI=1S/C7H12O2/c1-3-8-6-9-7(2)4-5-7/h3H,1,4-6H2,2H3. The SMILES string of the molecule is C=COCOC1(C)CC1. The van der Waals surface area contributed by atoms with Crippen LogP contribution in [0, 0.1) is 0 Å². The average Bonchev–Trinajstić information content (AvgIpc) is 2.50. The Kier molecular flexibility index (Phi) is 1.76. The molecule has 1 aliphatic carbocycles. The molecular formula is C7H12O2. The summed E-state index contributed by atoms with van der Waals surface area (Å²) in [6.45, 7) is 5.83. The second-order valence-corrected chi connectivity index (χ2v) is 2.55. The second kappa shape index (κ2) is 2.40. The summed E-state index contributed by atoms with van der Waals surface area (Å²) in [7, 11) is 0. The zero-order valence-corrected chi connectivity index (χ0v) is 5.72. The van der Waals surface area contributed by atoms with Crippen LogP contribution in [0.4, 0.5) is 0 Å². The Morgan fingerprint density at radius 1 is 1.67 bits per heavy atom. The van der Waals surface area contributed by atoms with Crippen molar-refractivity contribution >= 4 is 0 Å². The first-order chi connectivity index (χ1) is 4.27.